The number of amides is 1. The molecule has 0 aliphatic carbocycles. The number of methoxy groups -OCH3 is 1. The average Bonchev–Trinajstić information content (AvgIpc) is 3.19. The molecule has 7 heteroatoms. The monoisotopic (exact) mass is 467 g/mol. The minimum absolute atomic E-state index is 0.138. The molecular weight excluding hydrogens is 434 g/mol. The number of ether oxygens (including phenoxy) is 2. The van der Waals surface area contributed by atoms with Crippen LogP contribution in [-0.4, -0.2) is 30.8 Å². The number of rotatable bonds is 14. The second-order valence-corrected chi connectivity index (χ2v) is 9.62. The van der Waals surface area contributed by atoms with Crippen LogP contribution in [0.4, 0.5) is 0 Å². The van der Waals surface area contributed by atoms with Gasteiger partial charge in [-0.25, -0.2) is 0 Å². The highest BCUT2D eigenvalue weighted by Gasteiger charge is 2.26. The second kappa shape index (κ2) is 13.6. The van der Waals surface area contributed by atoms with Gasteiger partial charge in [-0.2, -0.15) is 0 Å². The normalized spacial score (nSPS) is 14.0. The number of unbranched alkanes of at least 4 members (excludes halogenated alkanes) is 2. The minimum Gasteiger partial charge on any atom is -0.497 e. The van der Waals surface area contributed by atoms with Crippen LogP contribution in [0.25, 0.3) is 0 Å². The van der Waals surface area contributed by atoms with Gasteiger partial charge in [0, 0.05) is 4.88 Å². The SMILES string of the molecule is CCCCCC(C)CC(NC(=O)CCOc1ccc(OC)cc1)C(O)c1ccc(Cl)s1. The third-order valence-electron chi connectivity index (χ3n) is 5.23. The number of aliphatic hydroxyl groups excluding tert-OH is 1. The lowest BCUT2D eigenvalue weighted by Crippen LogP contribution is -2.40. The maximum absolute atomic E-state index is 12.6. The van der Waals surface area contributed by atoms with E-state index in [4.69, 9.17) is 21.1 Å². The number of benzene rings is 1. The summed E-state index contributed by atoms with van der Waals surface area (Å²) in [5.74, 6) is 1.70. The van der Waals surface area contributed by atoms with E-state index in [1.165, 1.54) is 24.2 Å². The Morgan fingerprint density at radius 1 is 1.16 bits per heavy atom. The van der Waals surface area contributed by atoms with Crippen molar-refractivity contribution < 1.29 is 19.4 Å². The van der Waals surface area contributed by atoms with Crippen LogP contribution in [0.5, 0.6) is 11.5 Å². The van der Waals surface area contributed by atoms with Gasteiger partial charge in [-0.15, -0.1) is 11.3 Å². The summed E-state index contributed by atoms with van der Waals surface area (Å²) in [6.45, 7) is 4.62. The first-order valence-electron chi connectivity index (χ1n) is 10.9. The van der Waals surface area contributed by atoms with Crippen molar-refractivity contribution in [3.8, 4) is 11.5 Å². The molecule has 0 radical (unpaired) electrons. The summed E-state index contributed by atoms with van der Waals surface area (Å²) in [5.41, 5.74) is 0. The number of carbonyl (C=O) groups is 1. The average molecular weight is 468 g/mol. The van der Waals surface area contributed by atoms with E-state index in [0.29, 0.717) is 22.4 Å². The molecule has 0 saturated carbocycles. The Morgan fingerprint density at radius 2 is 1.87 bits per heavy atom. The fourth-order valence-corrected chi connectivity index (χ4v) is 4.57. The first-order chi connectivity index (χ1) is 14.9. The van der Waals surface area contributed by atoms with Gasteiger partial charge in [0.05, 0.1) is 30.5 Å². The first-order valence-corrected chi connectivity index (χ1v) is 12.1. The Bertz CT molecular complexity index is 780. The van der Waals surface area contributed by atoms with E-state index in [1.807, 2.05) is 30.3 Å². The lowest BCUT2D eigenvalue weighted by atomic mass is 9.92. The number of hydrogen-bond acceptors (Lipinski definition) is 5. The molecule has 0 aliphatic heterocycles. The molecule has 1 aromatic carbocycles. The van der Waals surface area contributed by atoms with Crippen molar-refractivity contribution in [3.63, 3.8) is 0 Å². The van der Waals surface area contributed by atoms with E-state index in [0.717, 1.165) is 23.5 Å². The van der Waals surface area contributed by atoms with E-state index < -0.39 is 6.10 Å². The van der Waals surface area contributed by atoms with Gasteiger partial charge in [0.2, 0.25) is 5.91 Å². The van der Waals surface area contributed by atoms with Crippen LogP contribution in [0, 0.1) is 5.92 Å². The van der Waals surface area contributed by atoms with Crippen molar-refractivity contribution in [2.24, 2.45) is 5.92 Å². The summed E-state index contributed by atoms with van der Waals surface area (Å²) >= 11 is 7.39. The molecule has 0 spiro atoms. The molecule has 1 amide bonds. The van der Waals surface area contributed by atoms with Crippen LogP contribution < -0.4 is 14.8 Å². The second-order valence-electron chi connectivity index (χ2n) is 7.87. The maximum atomic E-state index is 12.6. The van der Waals surface area contributed by atoms with Gasteiger partial charge < -0.3 is 19.9 Å². The number of aliphatic hydroxyl groups is 1. The lowest BCUT2D eigenvalue weighted by molar-refractivity contribution is -0.123. The molecule has 0 saturated heterocycles. The highest BCUT2D eigenvalue weighted by atomic mass is 35.5. The molecule has 172 valence electrons. The molecule has 3 atom stereocenters. The molecule has 0 bridgehead atoms. The molecule has 31 heavy (non-hydrogen) atoms. The van der Waals surface area contributed by atoms with Gasteiger partial charge in [0.25, 0.3) is 0 Å². The Labute approximate surface area is 194 Å². The molecule has 3 unspecified atom stereocenters. The van der Waals surface area contributed by atoms with Crippen LogP contribution in [0.1, 0.15) is 63.4 Å². The molecule has 1 heterocycles. The lowest BCUT2D eigenvalue weighted by Gasteiger charge is -2.26. The topological polar surface area (TPSA) is 67.8 Å². The van der Waals surface area contributed by atoms with E-state index in [1.54, 1.807) is 13.2 Å². The number of halogens is 1. The Hall–Kier alpha value is -1.76. The van der Waals surface area contributed by atoms with Crippen molar-refractivity contribution in [2.75, 3.05) is 13.7 Å². The zero-order valence-corrected chi connectivity index (χ0v) is 20.2. The smallest absolute Gasteiger partial charge is 0.223 e. The number of hydrogen-bond donors (Lipinski definition) is 2. The van der Waals surface area contributed by atoms with E-state index >= 15 is 0 Å². The molecule has 2 aromatic rings. The van der Waals surface area contributed by atoms with Gasteiger partial charge in [-0.3, -0.25) is 4.79 Å². The predicted octanol–water partition coefficient (Wildman–Crippen LogP) is 6.00. The molecule has 1 aromatic heterocycles. The number of carbonyl (C=O) groups excluding carboxylic acids is 1. The molecule has 5 nitrogen and oxygen atoms in total. The van der Waals surface area contributed by atoms with Crippen molar-refractivity contribution >= 4 is 28.8 Å². The van der Waals surface area contributed by atoms with Gasteiger partial charge in [0.15, 0.2) is 0 Å². The largest absolute Gasteiger partial charge is 0.497 e. The maximum Gasteiger partial charge on any atom is 0.223 e. The van der Waals surface area contributed by atoms with Crippen molar-refractivity contribution in [2.45, 2.75) is 64.5 Å². The summed E-state index contributed by atoms with van der Waals surface area (Å²) in [5, 5.41) is 13.9. The Balaban J connectivity index is 1.90. The van der Waals surface area contributed by atoms with Crippen molar-refractivity contribution in [1.29, 1.82) is 0 Å². The Morgan fingerprint density at radius 3 is 2.48 bits per heavy atom. The molecular formula is C24H34ClNO4S. The summed E-state index contributed by atoms with van der Waals surface area (Å²) in [6.07, 6.45) is 4.77. The van der Waals surface area contributed by atoms with Gasteiger partial charge in [-0.05, 0) is 48.7 Å². The first kappa shape index (κ1) is 25.5. The molecule has 2 N–H and O–H groups in total. The van der Waals surface area contributed by atoms with Crippen molar-refractivity contribution in [1.82, 2.24) is 5.32 Å². The fourth-order valence-electron chi connectivity index (χ4n) is 3.46. The summed E-state index contributed by atoms with van der Waals surface area (Å²) in [7, 11) is 1.61. The van der Waals surface area contributed by atoms with Crippen LogP contribution in [0.3, 0.4) is 0 Å². The zero-order valence-electron chi connectivity index (χ0n) is 18.6. The van der Waals surface area contributed by atoms with Gasteiger partial charge in [0.1, 0.15) is 17.6 Å². The summed E-state index contributed by atoms with van der Waals surface area (Å²) in [4.78, 5) is 13.4. The van der Waals surface area contributed by atoms with Crippen LogP contribution in [0.15, 0.2) is 36.4 Å². The third kappa shape index (κ3) is 9.09. The minimum atomic E-state index is -0.780. The molecule has 2 rings (SSSR count). The highest BCUT2D eigenvalue weighted by molar-refractivity contribution is 7.16. The predicted molar refractivity (Wildman–Crippen MR) is 127 cm³/mol. The molecule has 0 fully saturated rings. The van der Waals surface area contributed by atoms with Crippen LogP contribution >= 0.6 is 22.9 Å². The van der Waals surface area contributed by atoms with Gasteiger partial charge >= 0.3 is 0 Å². The Kier molecular flexibility index (Phi) is 11.2. The van der Waals surface area contributed by atoms with E-state index in [2.05, 4.69) is 19.2 Å². The zero-order chi connectivity index (χ0) is 22.6. The quantitative estimate of drug-likeness (QED) is 0.334. The number of thiophene rings is 1. The van der Waals surface area contributed by atoms with Crippen molar-refractivity contribution in [3.05, 3.63) is 45.6 Å². The fraction of sp³-hybridized carbons (Fsp3) is 0.542. The number of nitrogens with one attached hydrogen (secondary N) is 1. The van der Waals surface area contributed by atoms with E-state index in [-0.39, 0.29) is 25.0 Å². The van der Waals surface area contributed by atoms with E-state index in [9.17, 15) is 9.90 Å². The summed E-state index contributed by atoms with van der Waals surface area (Å²) in [6, 6.07) is 10.5. The van der Waals surface area contributed by atoms with Gasteiger partial charge in [-0.1, -0.05) is 51.1 Å². The van der Waals surface area contributed by atoms with Crippen LogP contribution in [0.2, 0.25) is 4.34 Å². The standard InChI is InChI=1S/C24H34ClNO4S/c1-4-5-6-7-17(2)16-20(24(28)21-12-13-22(25)31-21)26-23(27)14-15-30-19-10-8-18(29-3)9-11-19/h8-13,17,20,24,28H,4-7,14-16H2,1-3H3,(H,26,27). The highest BCUT2D eigenvalue weighted by Crippen LogP contribution is 2.31. The van der Waals surface area contributed by atoms with Crippen LogP contribution in [-0.2, 0) is 4.79 Å². The third-order valence-corrected chi connectivity index (χ3v) is 6.53. The summed E-state index contributed by atoms with van der Waals surface area (Å²) < 4.78 is 11.4. The molecule has 0 aliphatic rings.